The summed E-state index contributed by atoms with van der Waals surface area (Å²) in [4.78, 5) is 25.4. The summed E-state index contributed by atoms with van der Waals surface area (Å²) in [6, 6.07) is 0. The molecular formula is C10H14B2N2O2. The van der Waals surface area contributed by atoms with Crippen LogP contribution in [0, 0.1) is 0 Å². The molecule has 0 saturated carbocycles. The lowest BCUT2D eigenvalue weighted by atomic mass is 9.96. The average molecular weight is 216 g/mol. The van der Waals surface area contributed by atoms with E-state index in [9.17, 15) is 9.59 Å². The zero-order valence-corrected chi connectivity index (χ0v) is 10.1. The quantitative estimate of drug-likeness (QED) is 0.521. The van der Waals surface area contributed by atoms with Gasteiger partial charge in [-0.25, -0.2) is 0 Å². The summed E-state index contributed by atoms with van der Waals surface area (Å²) in [6.07, 6.45) is 0. The van der Waals surface area contributed by atoms with E-state index in [0.717, 1.165) is 0 Å². The minimum atomic E-state index is -0.573. The summed E-state index contributed by atoms with van der Waals surface area (Å²) in [5.41, 5.74) is -1.19. The third-order valence-corrected chi connectivity index (χ3v) is 2.45. The van der Waals surface area contributed by atoms with E-state index in [-0.39, 0.29) is 11.4 Å². The maximum Gasteiger partial charge on any atom is 0.252 e. The van der Waals surface area contributed by atoms with Crippen LogP contribution in [0.3, 0.4) is 0 Å². The van der Waals surface area contributed by atoms with Gasteiger partial charge in [0.2, 0.25) is 16.0 Å². The molecular weight excluding hydrogens is 202 g/mol. The molecule has 0 bridgehead atoms. The summed E-state index contributed by atoms with van der Waals surface area (Å²) < 4.78 is 0. The Labute approximate surface area is 97.8 Å². The minimum absolute atomic E-state index is 0.196. The largest absolute Gasteiger partial charge is 0.420 e. The van der Waals surface area contributed by atoms with Crippen molar-refractivity contribution in [2.75, 3.05) is 16.2 Å². The molecule has 0 atom stereocenters. The van der Waals surface area contributed by atoms with Crippen LogP contribution in [-0.4, -0.2) is 28.0 Å². The molecule has 4 radical (unpaired) electrons. The van der Waals surface area contributed by atoms with Crippen LogP contribution < -0.4 is 20.5 Å². The third kappa shape index (κ3) is 1.88. The standard InChI is InChI=1S/C10H14B2N2O2/c1-5-13(11)6-7(9(16)8(6)15)14(12)10(2,3)4/h5H2,1-4H3. The SMILES string of the molecule is [B]N(CC)c1c(N([B])C(C)(C)C)c(=O)c1=O. The highest BCUT2D eigenvalue weighted by Crippen LogP contribution is 2.26. The fourth-order valence-electron chi connectivity index (χ4n) is 1.35. The zero-order chi connectivity index (χ0) is 12.7. The molecule has 0 unspecified atom stereocenters. The van der Waals surface area contributed by atoms with Crippen molar-refractivity contribution in [2.45, 2.75) is 33.2 Å². The van der Waals surface area contributed by atoms with Crippen LogP contribution in [0.1, 0.15) is 27.7 Å². The molecule has 0 fully saturated rings. The third-order valence-electron chi connectivity index (χ3n) is 2.45. The van der Waals surface area contributed by atoms with E-state index in [4.69, 9.17) is 16.0 Å². The van der Waals surface area contributed by atoms with Crippen molar-refractivity contribution in [1.29, 1.82) is 0 Å². The molecule has 1 aromatic rings. The Kier molecular flexibility index (Phi) is 3.22. The molecule has 1 rings (SSSR count). The van der Waals surface area contributed by atoms with Gasteiger partial charge in [0, 0.05) is 12.1 Å². The molecule has 0 N–H and O–H groups in total. The van der Waals surface area contributed by atoms with E-state index in [1.807, 2.05) is 20.8 Å². The summed E-state index contributed by atoms with van der Waals surface area (Å²) in [6.45, 7) is 7.77. The molecule has 6 heteroatoms. The lowest BCUT2D eigenvalue weighted by Gasteiger charge is -2.38. The van der Waals surface area contributed by atoms with Crippen LogP contribution in [0.15, 0.2) is 9.59 Å². The first kappa shape index (κ1) is 12.9. The molecule has 1 aromatic carbocycles. The number of nitrogens with zero attached hydrogens (tertiary/aromatic N) is 2. The molecule has 0 aliphatic carbocycles. The van der Waals surface area contributed by atoms with Crippen LogP contribution in [0.5, 0.6) is 0 Å². The van der Waals surface area contributed by atoms with Gasteiger partial charge in [-0.2, -0.15) is 0 Å². The lowest BCUT2D eigenvalue weighted by molar-refractivity contribution is 0.581. The number of hydrogen-bond acceptors (Lipinski definition) is 4. The molecule has 0 heterocycles. The van der Waals surface area contributed by atoms with Gasteiger partial charge in [0.15, 0.2) is 0 Å². The van der Waals surface area contributed by atoms with Gasteiger partial charge in [0.25, 0.3) is 10.9 Å². The first-order chi connectivity index (χ1) is 7.21. The molecule has 4 nitrogen and oxygen atoms in total. The Morgan fingerprint density at radius 1 is 1.06 bits per heavy atom. The maximum atomic E-state index is 11.5. The normalized spacial score (nSPS) is 11.8. The van der Waals surface area contributed by atoms with Crippen molar-refractivity contribution in [3.8, 4) is 0 Å². The molecule has 0 amide bonds. The zero-order valence-electron chi connectivity index (χ0n) is 10.1. The summed E-state index contributed by atoms with van der Waals surface area (Å²) in [5, 5.41) is 0. The number of rotatable bonds is 3. The Balaban J connectivity index is 3.22. The van der Waals surface area contributed by atoms with E-state index in [1.165, 1.54) is 9.62 Å². The Bertz CT molecular complexity index is 458. The van der Waals surface area contributed by atoms with Gasteiger partial charge in [-0.1, -0.05) is 0 Å². The van der Waals surface area contributed by atoms with Crippen LogP contribution in [0.2, 0.25) is 0 Å². The molecule has 0 aromatic heterocycles. The van der Waals surface area contributed by atoms with Gasteiger partial charge < -0.3 is 9.62 Å². The second-order valence-corrected chi connectivity index (χ2v) is 4.68. The van der Waals surface area contributed by atoms with Crippen molar-refractivity contribution in [2.24, 2.45) is 0 Å². The van der Waals surface area contributed by atoms with Crippen molar-refractivity contribution >= 4 is 27.3 Å². The molecule has 0 aliphatic heterocycles. The van der Waals surface area contributed by atoms with E-state index < -0.39 is 16.4 Å². The van der Waals surface area contributed by atoms with E-state index in [2.05, 4.69) is 0 Å². The Morgan fingerprint density at radius 3 is 1.88 bits per heavy atom. The van der Waals surface area contributed by atoms with Gasteiger partial charge in [-0.3, -0.25) is 9.59 Å². The van der Waals surface area contributed by atoms with Gasteiger partial charge in [0.05, 0.1) is 0 Å². The molecule has 0 saturated heterocycles. The molecule has 0 spiro atoms. The van der Waals surface area contributed by atoms with Crippen LogP contribution in [-0.2, 0) is 0 Å². The van der Waals surface area contributed by atoms with Crippen LogP contribution >= 0.6 is 0 Å². The highest BCUT2D eigenvalue weighted by atomic mass is 16.2. The predicted octanol–water partition coefficient (Wildman–Crippen LogP) is -0.119. The van der Waals surface area contributed by atoms with Gasteiger partial charge in [-0.15, -0.1) is 0 Å². The van der Waals surface area contributed by atoms with Gasteiger partial charge in [-0.05, 0) is 27.7 Å². The van der Waals surface area contributed by atoms with Crippen LogP contribution in [0.4, 0.5) is 11.4 Å². The second kappa shape index (κ2) is 4.00. The Hall–Kier alpha value is -1.19. The molecule has 0 aliphatic rings. The smallest absolute Gasteiger partial charge is 0.252 e. The van der Waals surface area contributed by atoms with Crippen LogP contribution in [0.25, 0.3) is 0 Å². The van der Waals surface area contributed by atoms with E-state index in [0.29, 0.717) is 6.54 Å². The molecule has 82 valence electrons. The minimum Gasteiger partial charge on any atom is -0.420 e. The lowest BCUT2D eigenvalue weighted by Crippen LogP contribution is -2.50. The summed E-state index contributed by atoms with van der Waals surface area (Å²) >= 11 is 0. The number of anilines is 2. The second-order valence-electron chi connectivity index (χ2n) is 4.68. The monoisotopic (exact) mass is 216 g/mol. The predicted molar refractivity (Wildman–Crippen MR) is 68.1 cm³/mol. The first-order valence-corrected chi connectivity index (χ1v) is 5.12. The topological polar surface area (TPSA) is 40.6 Å². The van der Waals surface area contributed by atoms with Crippen molar-refractivity contribution in [1.82, 2.24) is 0 Å². The Morgan fingerprint density at radius 2 is 1.50 bits per heavy atom. The van der Waals surface area contributed by atoms with E-state index >= 15 is 0 Å². The fourth-order valence-corrected chi connectivity index (χ4v) is 1.35. The van der Waals surface area contributed by atoms with Crippen molar-refractivity contribution in [3.05, 3.63) is 20.4 Å². The maximum absolute atomic E-state index is 11.5. The van der Waals surface area contributed by atoms with Crippen molar-refractivity contribution in [3.63, 3.8) is 0 Å². The van der Waals surface area contributed by atoms with Gasteiger partial charge in [0.1, 0.15) is 11.4 Å². The summed E-state index contributed by atoms with van der Waals surface area (Å²) in [7, 11) is 11.4. The number of hydrogen-bond donors (Lipinski definition) is 0. The fraction of sp³-hybridized carbons (Fsp3) is 0.600. The first-order valence-electron chi connectivity index (χ1n) is 5.12. The highest BCUT2D eigenvalue weighted by molar-refractivity contribution is 6.24. The summed E-state index contributed by atoms with van der Waals surface area (Å²) in [5.74, 6) is 0. The molecule has 16 heavy (non-hydrogen) atoms. The van der Waals surface area contributed by atoms with Crippen molar-refractivity contribution < 1.29 is 0 Å². The van der Waals surface area contributed by atoms with Gasteiger partial charge >= 0.3 is 0 Å². The highest BCUT2D eigenvalue weighted by Gasteiger charge is 2.30. The average Bonchev–Trinajstić information content (AvgIpc) is 2.21. The van der Waals surface area contributed by atoms with E-state index in [1.54, 1.807) is 6.92 Å².